The Labute approximate surface area is 197 Å². The number of benzene rings is 1. The second-order valence-electron chi connectivity index (χ2n) is 9.16. The summed E-state index contributed by atoms with van der Waals surface area (Å²) in [6.07, 6.45) is 7.20. The highest BCUT2D eigenvalue weighted by molar-refractivity contribution is 6.31. The van der Waals surface area contributed by atoms with Crippen LogP contribution < -0.4 is 10.6 Å². The van der Waals surface area contributed by atoms with Crippen LogP contribution in [-0.2, 0) is 18.4 Å². The molecule has 1 saturated heterocycles. The summed E-state index contributed by atoms with van der Waals surface area (Å²) in [7, 11) is 1.79. The largest absolute Gasteiger partial charge is 0.339 e. The minimum absolute atomic E-state index is 0.00858. The summed E-state index contributed by atoms with van der Waals surface area (Å²) in [5.41, 5.74) is 1.77. The van der Waals surface area contributed by atoms with E-state index in [9.17, 15) is 9.59 Å². The third-order valence-electron chi connectivity index (χ3n) is 7.17. The molecule has 1 aromatic carbocycles. The summed E-state index contributed by atoms with van der Waals surface area (Å²) in [4.78, 5) is 38.7. The fraction of sp³-hybridized carbons (Fsp3) is 0.500. The van der Waals surface area contributed by atoms with Gasteiger partial charge in [0, 0.05) is 63.1 Å². The summed E-state index contributed by atoms with van der Waals surface area (Å²) < 4.78 is 3.53. The van der Waals surface area contributed by atoms with Crippen LogP contribution in [0.4, 0.5) is 5.95 Å². The highest BCUT2D eigenvalue weighted by Gasteiger charge is 2.32. The number of aryl methyl sites for hydroxylation is 1. The molecule has 0 atom stereocenters. The van der Waals surface area contributed by atoms with Crippen molar-refractivity contribution in [2.75, 3.05) is 31.1 Å². The zero-order valence-corrected chi connectivity index (χ0v) is 19.6. The smallest absolute Gasteiger partial charge is 0.328 e. The first-order valence-electron chi connectivity index (χ1n) is 11.7. The molecule has 1 aliphatic heterocycles. The maximum absolute atomic E-state index is 13.1. The molecule has 0 N–H and O–H groups in total. The van der Waals surface area contributed by atoms with E-state index < -0.39 is 0 Å². The molecule has 3 aromatic rings. The van der Waals surface area contributed by atoms with Gasteiger partial charge in [0.25, 0.3) is 0 Å². The van der Waals surface area contributed by atoms with Gasteiger partial charge >= 0.3 is 5.69 Å². The standard InChI is InChI=1S/C24H29ClN6O2/c1-28-21-15-19(25)7-8-20(21)31(24(28)33)16-17-3-5-18(6-4-17)22(32)29-11-13-30(14-12-29)23-26-9-2-10-27-23/h2,7-10,15,17-18H,3-6,11-14,16H2,1H3. The summed E-state index contributed by atoms with van der Waals surface area (Å²) in [6.45, 7) is 3.64. The Kier molecular flexibility index (Phi) is 6.10. The SMILES string of the molecule is Cn1c(=O)n(CC2CCC(C(=O)N3CCN(c4ncccn4)CC3)CC2)c2ccc(Cl)cc21. The van der Waals surface area contributed by atoms with Gasteiger partial charge in [0.2, 0.25) is 11.9 Å². The molecule has 1 aliphatic carbocycles. The molecule has 2 fully saturated rings. The van der Waals surface area contributed by atoms with Crippen molar-refractivity contribution in [3.8, 4) is 0 Å². The first-order valence-corrected chi connectivity index (χ1v) is 12.0. The van der Waals surface area contributed by atoms with Gasteiger partial charge in [-0.3, -0.25) is 13.9 Å². The highest BCUT2D eigenvalue weighted by atomic mass is 35.5. The van der Waals surface area contributed by atoms with Crippen molar-refractivity contribution in [2.45, 2.75) is 32.2 Å². The molecule has 2 aromatic heterocycles. The quantitative estimate of drug-likeness (QED) is 0.588. The lowest BCUT2D eigenvalue weighted by Gasteiger charge is -2.37. The summed E-state index contributed by atoms with van der Waals surface area (Å²) >= 11 is 6.12. The predicted molar refractivity (Wildman–Crippen MR) is 128 cm³/mol. The summed E-state index contributed by atoms with van der Waals surface area (Å²) in [5, 5.41) is 0.631. The van der Waals surface area contributed by atoms with Gasteiger partial charge in [-0.1, -0.05) is 11.6 Å². The van der Waals surface area contributed by atoms with Gasteiger partial charge in [0.05, 0.1) is 11.0 Å². The lowest BCUT2D eigenvalue weighted by molar-refractivity contribution is -0.137. The Morgan fingerprint density at radius 1 is 1.03 bits per heavy atom. The molecule has 5 rings (SSSR count). The van der Waals surface area contributed by atoms with Crippen LogP contribution in [0.15, 0.2) is 41.5 Å². The molecule has 33 heavy (non-hydrogen) atoms. The second kappa shape index (κ2) is 9.17. The van der Waals surface area contributed by atoms with Gasteiger partial charge in [-0.05, 0) is 55.9 Å². The Morgan fingerprint density at radius 3 is 2.42 bits per heavy atom. The molecule has 9 heteroatoms. The number of hydrogen-bond acceptors (Lipinski definition) is 5. The van der Waals surface area contributed by atoms with E-state index >= 15 is 0 Å². The molecule has 174 valence electrons. The van der Waals surface area contributed by atoms with E-state index in [0.29, 0.717) is 30.6 Å². The molecule has 0 bridgehead atoms. The van der Waals surface area contributed by atoms with Crippen LogP contribution in [0.1, 0.15) is 25.7 Å². The van der Waals surface area contributed by atoms with E-state index in [2.05, 4.69) is 14.9 Å². The van der Waals surface area contributed by atoms with Crippen LogP contribution in [0.25, 0.3) is 11.0 Å². The number of carbonyl (C=O) groups is 1. The third kappa shape index (κ3) is 4.36. The van der Waals surface area contributed by atoms with E-state index in [1.807, 2.05) is 33.7 Å². The van der Waals surface area contributed by atoms with Gasteiger partial charge in [-0.25, -0.2) is 14.8 Å². The molecular formula is C24H29ClN6O2. The molecule has 3 heterocycles. The number of anilines is 1. The van der Waals surface area contributed by atoms with Crippen LogP contribution in [0.3, 0.4) is 0 Å². The van der Waals surface area contributed by atoms with E-state index in [1.165, 1.54) is 0 Å². The van der Waals surface area contributed by atoms with Crippen molar-refractivity contribution in [3.05, 3.63) is 52.2 Å². The van der Waals surface area contributed by atoms with E-state index in [0.717, 1.165) is 55.8 Å². The molecule has 0 radical (unpaired) electrons. The third-order valence-corrected chi connectivity index (χ3v) is 7.41. The Hall–Kier alpha value is -2.87. The number of piperazine rings is 1. The van der Waals surface area contributed by atoms with Crippen LogP contribution in [0, 0.1) is 11.8 Å². The van der Waals surface area contributed by atoms with Crippen molar-refractivity contribution < 1.29 is 4.79 Å². The number of aromatic nitrogens is 4. The first kappa shape index (κ1) is 21.9. The minimum atomic E-state index is -0.00858. The molecule has 0 spiro atoms. The summed E-state index contributed by atoms with van der Waals surface area (Å²) in [5.74, 6) is 1.50. The number of rotatable bonds is 4. The van der Waals surface area contributed by atoms with E-state index in [-0.39, 0.29) is 17.5 Å². The van der Waals surface area contributed by atoms with E-state index in [4.69, 9.17) is 11.6 Å². The van der Waals surface area contributed by atoms with Gasteiger partial charge in [0.1, 0.15) is 0 Å². The maximum Gasteiger partial charge on any atom is 0.328 e. The van der Waals surface area contributed by atoms with Gasteiger partial charge in [0.15, 0.2) is 0 Å². The molecule has 1 amide bonds. The Morgan fingerprint density at radius 2 is 1.73 bits per heavy atom. The molecule has 1 saturated carbocycles. The van der Waals surface area contributed by atoms with Gasteiger partial charge in [-0.15, -0.1) is 0 Å². The fourth-order valence-electron chi connectivity index (χ4n) is 5.25. The van der Waals surface area contributed by atoms with Crippen molar-refractivity contribution >= 4 is 34.5 Å². The Bertz CT molecular complexity index is 1190. The number of carbonyl (C=O) groups excluding carboxylic acids is 1. The summed E-state index contributed by atoms with van der Waals surface area (Å²) in [6, 6.07) is 7.41. The number of imidazole rings is 1. The van der Waals surface area contributed by atoms with Crippen molar-refractivity contribution in [3.63, 3.8) is 0 Å². The van der Waals surface area contributed by atoms with E-state index in [1.54, 1.807) is 24.0 Å². The number of amides is 1. The van der Waals surface area contributed by atoms with Crippen LogP contribution in [-0.4, -0.2) is 56.1 Å². The average molecular weight is 469 g/mol. The Balaban J connectivity index is 1.17. The number of halogens is 1. The zero-order valence-electron chi connectivity index (χ0n) is 18.9. The van der Waals surface area contributed by atoms with Crippen molar-refractivity contribution in [2.24, 2.45) is 18.9 Å². The highest BCUT2D eigenvalue weighted by Crippen LogP contribution is 2.32. The number of nitrogens with zero attached hydrogens (tertiary/aromatic N) is 6. The fourth-order valence-corrected chi connectivity index (χ4v) is 5.41. The van der Waals surface area contributed by atoms with Crippen LogP contribution in [0.5, 0.6) is 0 Å². The predicted octanol–water partition coefficient (Wildman–Crippen LogP) is 2.94. The topological polar surface area (TPSA) is 76.3 Å². The monoisotopic (exact) mass is 468 g/mol. The van der Waals surface area contributed by atoms with Crippen LogP contribution >= 0.6 is 11.6 Å². The lowest BCUT2D eigenvalue weighted by Crippen LogP contribution is -2.51. The molecule has 2 aliphatic rings. The number of hydrogen-bond donors (Lipinski definition) is 0. The van der Waals surface area contributed by atoms with Gasteiger partial charge in [-0.2, -0.15) is 0 Å². The zero-order chi connectivity index (χ0) is 22.9. The minimum Gasteiger partial charge on any atom is -0.339 e. The lowest BCUT2D eigenvalue weighted by atomic mass is 9.81. The first-order chi connectivity index (χ1) is 16.0. The van der Waals surface area contributed by atoms with Crippen LogP contribution in [0.2, 0.25) is 5.02 Å². The maximum atomic E-state index is 13.1. The van der Waals surface area contributed by atoms with Gasteiger partial charge < -0.3 is 9.80 Å². The number of fused-ring (bicyclic) bond motifs is 1. The molecular weight excluding hydrogens is 440 g/mol. The normalized spacial score (nSPS) is 21.5. The molecule has 8 nitrogen and oxygen atoms in total. The second-order valence-corrected chi connectivity index (χ2v) is 9.60. The van der Waals surface area contributed by atoms with Crippen molar-refractivity contribution in [1.29, 1.82) is 0 Å². The molecule has 0 unspecified atom stereocenters. The average Bonchev–Trinajstić information content (AvgIpc) is 3.09. The van der Waals surface area contributed by atoms with Crippen molar-refractivity contribution in [1.82, 2.24) is 24.0 Å².